The maximum atomic E-state index is 12.1. The molecule has 1 aromatic heterocycles. The fourth-order valence-corrected chi connectivity index (χ4v) is 2.11. The number of hydrogen-bond donors (Lipinski definition) is 1. The molecule has 0 unspecified atom stereocenters. The van der Waals surface area contributed by atoms with Gasteiger partial charge in [-0.25, -0.2) is 0 Å². The van der Waals surface area contributed by atoms with Crippen LogP contribution in [0.1, 0.15) is 28.7 Å². The second-order valence-electron chi connectivity index (χ2n) is 4.30. The molecule has 100 valence electrons. The monoisotopic (exact) mass is 321 g/mol. The summed E-state index contributed by atoms with van der Waals surface area (Å²) in [5, 5.41) is 7.17. The van der Waals surface area contributed by atoms with Gasteiger partial charge in [0.15, 0.2) is 0 Å². The van der Waals surface area contributed by atoms with Gasteiger partial charge in [0, 0.05) is 17.6 Å². The average molecular weight is 322 g/mol. The Balaban J connectivity index is 2.03. The molecular formula is C14H16BrN3O. The van der Waals surface area contributed by atoms with Crippen LogP contribution < -0.4 is 5.32 Å². The summed E-state index contributed by atoms with van der Waals surface area (Å²) in [6, 6.07) is 9.68. The molecule has 0 atom stereocenters. The van der Waals surface area contributed by atoms with E-state index in [1.807, 2.05) is 38.1 Å². The number of hydrogen-bond acceptors (Lipinski definition) is 2. The summed E-state index contributed by atoms with van der Waals surface area (Å²) in [7, 11) is 0. The molecule has 1 aromatic carbocycles. The quantitative estimate of drug-likeness (QED) is 0.941. The van der Waals surface area contributed by atoms with Crippen molar-refractivity contribution in [2.24, 2.45) is 0 Å². The van der Waals surface area contributed by atoms with Gasteiger partial charge in [-0.15, -0.1) is 0 Å². The number of aryl methyl sites for hydroxylation is 2. The van der Waals surface area contributed by atoms with Crippen molar-refractivity contribution in [3.63, 3.8) is 0 Å². The predicted octanol–water partition coefficient (Wildman–Crippen LogP) is 2.90. The van der Waals surface area contributed by atoms with Crippen LogP contribution in [-0.2, 0) is 13.1 Å². The standard InChI is InChI=1S/C14H16BrN3O/c1-3-18-13(8-10(2)17-18)14(19)16-9-11-4-6-12(15)7-5-11/h4-8H,3,9H2,1-2H3,(H,16,19). The lowest BCUT2D eigenvalue weighted by atomic mass is 10.2. The van der Waals surface area contributed by atoms with E-state index in [4.69, 9.17) is 0 Å². The minimum atomic E-state index is -0.0923. The van der Waals surface area contributed by atoms with Crippen molar-refractivity contribution in [1.82, 2.24) is 15.1 Å². The van der Waals surface area contributed by atoms with E-state index in [0.717, 1.165) is 15.7 Å². The Kier molecular flexibility index (Phi) is 4.37. The lowest BCUT2D eigenvalue weighted by molar-refractivity contribution is 0.0940. The summed E-state index contributed by atoms with van der Waals surface area (Å²) in [6.07, 6.45) is 0. The van der Waals surface area contributed by atoms with Crippen LogP contribution in [0.25, 0.3) is 0 Å². The Morgan fingerprint density at radius 1 is 1.37 bits per heavy atom. The zero-order chi connectivity index (χ0) is 13.8. The van der Waals surface area contributed by atoms with Gasteiger partial charge in [0.1, 0.15) is 5.69 Å². The first-order valence-corrected chi connectivity index (χ1v) is 6.96. The van der Waals surface area contributed by atoms with Crippen molar-refractivity contribution in [3.8, 4) is 0 Å². The van der Waals surface area contributed by atoms with Gasteiger partial charge in [0.2, 0.25) is 0 Å². The zero-order valence-corrected chi connectivity index (χ0v) is 12.6. The topological polar surface area (TPSA) is 46.9 Å². The Morgan fingerprint density at radius 2 is 2.05 bits per heavy atom. The molecule has 0 saturated carbocycles. The molecule has 1 heterocycles. The van der Waals surface area contributed by atoms with Crippen LogP contribution in [0.3, 0.4) is 0 Å². The maximum Gasteiger partial charge on any atom is 0.269 e. The minimum absolute atomic E-state index is 0.0923. The summed E-state index contributed by atoms with van der Waals surface area (Å²) in [5.41, 5.74) is 2.53. The van der Waals surface area contributed by atoms with Crippen LogP contribution in [-0.4, -0.2) is 15.7 Å². The Morgan fingerprint density at radius 3 is 2.68 bits per heavy atom. The maximum absolute atomic E-state index is 12.1. The van der Waals surface area contributed by atoms with Crippen LogP contribution in [0.5, 0.6) is 0 Å². The molecule has 19 heavy (non-hydrogen) atoms. The zero-order valence-electron chi connectivity index (χ0n) is 11.0. The minimum Gasteiger partial charge on any atom is -0.347 e. The highest BCUT2D eigenvalue weighted by atomic mass is 79.9. The first-order valence-electron chi connectivity index (χ1n) is 6.17. The molecule has 0 aliphatic rings. The molecule has 5 heteroatoms. The molecule has 0 saturated heterocycles. The van der Waals surface area contributed by atoms with Gasteiger partial charge in [-0.05, 0) is 37.6 Å². The largest absolute Gasteiger partial charge is 0.347 e. The molecule has 1 N–H and O–H groups in total. The van der Waals surface area contributed by atoms with E-state index in [9.17, 15) is 4.79 Å². The normalized spacial score (nSPS) is 10.5. The van der Waals surface area contributed by atoms with Gasteiger partial charge in [-0.3, -0.25) is 9.48 Å². The third kappa shape index (κ3) is 3.44. The lowest BCUT2D eigenvalue weighted by Crippen LogP contribution is -2.25. The molecule has 1 amide bonds. The van der Waals surface area contributed by atoms with Gasteiger partial charge >= 0.3 is 0 Å². The Hall–Kier alpha value is -1.62. The van der Waals surface area contributed by atoms with Gasteiger partial charge in [0.05, 0.1) is 5.69 Å². The Bertz CT molecular complexity index is 575. The van der Waals surface area contributed by atoms with E-state index in [1.54, 1.807) is 10.7 Å². The third-order valence-electron chi connectivity index (χ3n) is 2.80. The van der Waals surface area contributed by atoms with Gasteiger partial charge in [-0.2, -0.15) is 5.10 Å². The first kappa shape index (κ1) is 13.8. The number of amides is 1. The number of carbonyl (C=O) groups is 1. The number of nitrogens with one attached hydrogen (secondary N) is 1. The number of benzene rings is 1. The van der Waals surface area contributed by atoms with Crippen molar-refractivity contribution in [3.05, 3.63) is 51.8 Å². The molecule has 0 aliphatic carbocycles. The highest BCUT2D eigenvalue weighted by Gasteiger charge is 2.12. The summed E-state index contributed by atoms with van der Waals surface area (Å²) in [4.78, 5) is 12.1. The fraction of sp³-hybridized carbons (Fsp3) is 0.286. The molecule has 2 rings (SSSR count). The van der Waals surface area contributed by atoms with Crippen molar-refractivity contribution >= 4 is 21.8 Å². The van der Waals surface area contributed by atoms with E-state index >= 15 is 0 Å². The second-order valence-corrected chi connectivity index (χ2v) is 5.21. The second kappa shape index (κ2) is 6.02. The van der Waals surface area contributed by atoms with Crippen molar-refractivity contribution < 1.29 is 4.79 Å². The van der Waals surface area contributed by atoms with Gasteiger partial charge in [0.25, 0.3) is 5.91 Å². The number of halogens is 1. The molecule has 0 fully saturated rings. The summed E-state index contributed by atoms with van der Waals surface area (Å²) >= 11 is 3.38. The van der Waals surface area contributed by atoms with Crippen LogP contribution in [0, 0.1) is 6.92 Å². The molecular weight excluding hydrogens is 306 g/mol. The van der Waals surface area contributed by atoms with Crippen LogP contribution in [0.2, 0.25) is 0 Å². The predicted molar refractivity (Wildman–Crippen MR) is 78.0 cm³/mol. The lowest BCUT2D eigenvalue weighted by Gasteiger charge is -2.06. The molecule has 0 aliphatic heterocycles. The number of carbonyl (C=O) groups excluding carboxylic acids is 1. The fourth-order valence-electron chi connectivity index (χ4n) is 1.84. The third-order valence-corrected chi connectivity index (χ3v) is 3.33. The van der Waals surface area contributed by atoms with E-state index in [0.29, 0.717) is 18.8 Å². The van der Waals surface area contributed by atoms with E-state index in [1.165, 1.54) is 0 Å². The van der Waals surface area contributed by atoms with E-state index < -0.39 is 0 Å². The molecule has 0 radical (unpaired) electrons. The summed E-state index contributed by atoms with van der Waals surface area (Å²) in [6.45, 7) is 5.06. The van der Waals surface area contributed by atoms with Crippen LogP contribution in [0.15, 0.2) is 34.8 Å². The van der Waals surface area contributed by atoms with E-state index in [-0.39, 0.29) is 5.91 Å². The highest BCUT2D eigenvalue weighted by molar-refractivity contribution is 9.10. The number of rotatable bonds is 4. The van der Waals surface area contributed by atoms with E-state index in [2.05, 4.69) is 26.3 Å². The van der Waals surface area contributed by atoms with Crippen LogP contribution in [0.4, 0.5) is 0 Å². The van der Waals surface area contributed by atoms with Crippen molar-refractivity contribution in [2.45, 2.75) is 26.9 Å². The van der Waals surface area contributed by atoms with Crippen LogP contribution >= 0.6 is 15.9 Å². The number of aromatic nitrogens is 2. The van der Waals surface area contributed by atoms with Crippen molar-refractivity contribution in [2.75, 3.05) is 0 Å². The summed E-state index contributed by atoms with van der Waals surface area (Å²) < 4.78 is 2.74. The highest BCUT2D eigenvalue weighted by Crippen LogP contribution is 2.10. The Labute approximate surface area is 120 Å². The van der Waals surface area contributed by atoms with Crippen molar-refractivity contribution in [1.29, 1.82) is 0 Å². The molecule has 2 aromatic rings. The molecule has 4 nitrogen and oxygen atoms in total. The molecule has 0 spiro atoms. The smallest absolute Gasteiger partial charge is 0.269 e. The average Bonchev–Trinajstić information content (AvgIpc) is 2.79. The molecule has 0 bridgehead atoms. The SMILES string of the molecule is CCn1nc(C)cc1C(=O)NCc1ccc(Br)cc1. The summed E-state index contributed by atoms with van der Waals surface area (Å²) in [5.74, 6) is -0.0923. The van der Waals surface area contributed by atoms with Gasteiger partial charge in [-0.1, -0.05) is 28.1 Å². The van der Waals surface area contributed by atoms with Gasteiger partial charge < -0.3 is 5.32 Å². The first-order chi connectivity index (χ1) is 9.10. The number of nitrogens with zero attached hydrogens (tertiary/aromatic N) is 2.